The van der Waals surface area contributed by atoms with Crippen LogP contribution in [-0.2, 0) is 9.47 Å². The Morgan fingerprint density at radius 2 is 2.00 bits per heavy atom. The number of hydrogen-bond donors (Lipinski definition) is 1. The summed E-state index contributed by atoms with van der Waals surface area (Å²) in [4.78, 5) is 5.13. The van der Waals surface area contributed by atoms with Gasteiger partial charge in [-0.3, -0.25) is 4.90 Å². The van der Waals surface area contributed by atoms with E-state index in [-0.39, 0.29) is 5.79 Å². The summed E-state index contributed by atoms with van der Waals surface area (Å²) >= 11 is 0. The number of piperazine rings is 1. The smallest absolute Gasteiger partial charge is 0.170 e. The van der Waals surface area contributed by atoms with Gasteiger partial charge in [0, 0.05) is 50.6 Å². The lowest BCUT2D eigenvalue weighted by Crippen LogP contribution is -2.62. The van der Waals surface area contributed by atoms with Crippen molar-refractivity contribution in [1.82, 2.24) is 15.1 Å². The fourth-order valence-corrected chi connectivity index (χ4v) is 4.15. The first-order chi connectivity index (χ1) is 10.1. The average molecular weight is 297 g/mol. The number of likely N-dealkylation sites (N-methyl/N-ethyl adjacent to an activating group) is 2. The third-order valence-electron chi connectivity index (χ3n) is 5.56. The number of nitrogens with zero attached hydrogens (tertiary/aromatic N) is 2. The molecule has 1 spiro atoms. The topological polar surface area (TPSA) is 37.0 Å². The lowest BCUT2D eigenvalue weighted by Gasteiger charge is -2.49. The van der Waals surface area contributed by atoms with Gasteiger partial charge in [-0.05, 0) is 26.9 Å². The van der Waals surface area contributed by atoms with E-state index in [9.17, 15) is 0 Å². The van der Waals surface area contributed by atoms with Gasteiger partial charge in [-0.25, -0.2) is 0 Å². The van der Waals surface area contributed by atoms with Gasteiger partial charge in [0.15, 0.2) is 5.79 Å². The van der Waals surface area contributed by atoms with E-state index in [1.807, 2.05) is 0 Å². The van der Waals surface area contributed by atoms with Crippen molar-refractivity contribution in [3.63, 3.8) is 0 Å². The quantitative estimate of drug-likeness (QED) is 0.837. The largest absolute Gasteiger partial charge is 0.347 e. The minimum absolute atomic E-state index is 0.289. The number of hydrogen-bond acceptors (Lipinski definition) is 5. The summed E-state index contributed by atoms with van der Waals surface area (Å²) in [6.07, 6.45) is 3.20. The maximum atomic E-state index is 5.99. The van der Waals surface area contributed by atoms with Crippen LogP contribution in [-0.4, -0.2) is 80.2 Å². The molecule has 0 aromatic rings. The number of ether oxygens (including phenoxy) is 2. The van der Waals surface area contributed by atoms with E-state index < -0.39 is 0 Å². The Morgan fingerprint density at radius 3 is 2.67 bits per heavy atom. The van der Waals surface area contributed by atoms with Gasteiger partial charge in [0.25, 0.3) is 0 Å². The van der Waals surface area contributed by atoms with Crippen LogP contribution in [0.4, 0.5) is 0 Å². The highest BCUT2D eigenvalue weighted by Crippen LogP contribution is 2.38. The zero-order valence-electron chi connectivity index (χ0n) is 13.8. The van der Waals surface area contributed by atoms with Crippen molar-refractivity contribution < 1.29 is 9.47 Å². The van der Waals surface area contributed by atoms with Crippen LogP contribution in [0.5, 0.6) is 0 Å². The predicted octanol–water partition coefficient (Wildman–Crippen LogP) is 0.896. The van der Waals surface area contributed by atoms with E-state index in [1.165, 1.54) is 0 Å². The Balaban J connectivity index is 1.71. The van der Waals surface area contributed by atoms with Crippen LogP contribution in [0.3, 0.4) is 0 Å². The molecule has 3 fully saturated rings. The molecular weight excluding hydrogens is 266 g/mol. The Kier molecular flexibility index (Phi) is 4.86. The third kappa shape index (κ3) is 3.27. The minimum Gasteiger partial charge on any atom is -0.347 e. The van der Waals surface area contributed by atoms with Crippen molar-refractivity contribution in [2.24, 2.45) is 0 Å². The van der Waals surface area contributed by atoms with Crippen LogP contribution in [0.15, 0.2) is 0 Å². The van der Waals surface area contributed by atoms with Crippen molar-refractivity contribution in [3.8, 4) is 0 Å². The maximum absolute atomic E-state index is 5.99. The first kappa shape index (κ1) is 15.7. The molecule has 3 rings (SSSR count). The molecule has 21 heavy (non-hydrogen) atoms. The molecule has 2 heterocycles. The molecule has 0 bridgehead atoms. The van der Waals surface area contributed by atoms with E-state index in [1.54, 1.807) is 0 Å². The molecule has 5 nitrogen and oxygen atoms in total. The summed E-state index contributed by atoms with van der Waals surface area (Å²) < 4.78 is 12.0. The molecule has 1 aliphatic carbocycles. The fourth-order valence-electron chi connectivity index (χ4n) is 4.15. The Bertz CT molecular complexity index is 346. The predicted molar refractivity (Wildman–Crippen MR) is 83.4 cm³/mol. The first-order valence-corrected chi connectivity index (χ1v) is 8.59. The van der Waals surface area contributed by atoms with Crippen molar-refractivity contribution in [1.29, 1.82) is 0 Å². The lowest BCUT2D eigenvalue weighted by molar-refractivity contribution is -0.195. The second-order valence-corrected chi connectivity index (χ2v) is 6.91. The summed E-state index contributed by atoms with van der Waals surface area (Å²) in [6, 6.07) is 1.74. The highest BCUT2D eigenvalue weighted by atomic mass is 16.7. The van der Waals surface area contributed by atoms with Crippen molar-refractivity contribution in [3.05, 3.63) is 0 Å². The van der Waals surface area contributed by atoms with Gasteiger partial charge in [-0.15, -0.1) is 0 Å². The van der Waals surface area contributed by atoms with Gasteiger partial charge in [0.05, 0.1) is 13.2 Å². The molecule has 2 saturated heterocycles. The normalized spacial score (nSPS) is 38.1. The second-order valence-electron chi connectivity index (χ2n) is 6.91. The Hall–Kier alpha value is -0.200. The zero-order valence-corrected chi connectivity index (χ0v) is 13.8. The molecular formula is C16H31N3O2. The molecule has 0 amide bonds. The van der Waals surface area contributed by atoms with E-state index in [0.29, 0.717) is 18.1 Å². The molecule has 0 radical (unpaired) electrons. The monoisotopic (exact) mass is 297 g/mol. The Labute approximate surface area is 128 Å². The lowest BCUT2D eigenvalue weighted by atomic mass is 9.84. The van der Waals surface area contributed by atoms with Gasteiger partial charge < -0.3 is 19.7 Å². The van der Waals surface area contributed by atoms with E-state index >= 15 is 0 Å². The summed E-state index contributed by atoms with van der Waals surface area (Å²) in [6.45, 7) is 10.6. The van der Waals surface area contributed by atoms with Gasteiger partial charge in [-0.2, -0.15) is 0 Å². The zero-order chi connectivity index (χ0) is 14.9. The van der Waals surface area contributed by atoms with Crippen molar-refractivity contribution in [2.75, 3.05) is 46.4 Å². The molecule has 0 aromatic carbocycles. The molecule has 1 saturated carbocycles. The van der Waals surface area contributed by atoms with Crippen LogP contribution < -0.4 is 5.32 Å². The van der Waals surface area contributed by atoms with E-state index in [0.717, 1.165) is 58.7 Å². The van der Waals surface area contributed by atoms with Crippen LogP contribution in [0.1, 0.15) is 33.1 Å². The number of rotatable bonds is 3. The Morgan fingerprint density at radius 1 is 1.24 bits per heavy atom. The van der Waals surface area contributed by atoms with Crippen LogP contribution >= 0.6 is 0 Å². The summed E-state index contributed by atoms with van der Waals surface area (Å²) in [5, 5.41) is 3.70. The fraction of sp³-hybridized carbons (Fsp3) is 1.00. The van der Waals surface area contributed by atoms with Crippen LogP contribution in [0, 0.1) is 0 Å². The van der Waals surface area contributed by atoms with Gasteiger partial charge >= 0.3 is 0 Å². The highest BCUT2D eigenvalue weighted by Gasteiger charge is 2.47. The van der Waals surface area contributed by atoms with Gasteiger partial charge in [0.1, 0.15) is 0 Å². The summed E-state index contributed by atoms with van der Waals surface area (Å²) in [5.74, 6) is -0.289. The molecule has 3 unspecified atom stereocenters. The molecule has 122 valence electrons. The SMILES string of the molecule is CCNC1CCC2(CC1N1CCN(C)C(C)C1)OCCO2. The minimum atomic E-state index is -0.289. The van der Waals surface area contributed by atoms with E-state index in [2.05, 4.69) is 36.0 Å². The van der Waals surface area contributed by atoms with Crippen LogP contribution in [0.25, 0.3) is 0 Å². The highest BCUT2D eigenvalue weighted by molar-refractivity contribution is 4.98. The summed E-state index contributed by atoms with van der Waals surface area (Å²) in [7, 11) is 2.23. The molecule has 1 N–H and O–H groups in total. The maximum Gasteiger partial charge on any atom is 0.170 e. The van der Waals surface area contributed by atoms with Crippen LogP contribution in [0.2, 0.25) is 0 Å². The standard InChI is InChI=1S/C16H31N3O2/c1-4-17-14-5-6-16(20-9-10-21-16)11-15(14)19-8-7-18(3)13(2)12-19/h13-15,17H,4-12H2,1-3H3. The molecule has 2 aliphatic heterocycles. The van der Waals surface area contributed by atoms with Gasteiger partial charge in [0.2, 0.25) is 0 Å². The van der Waals surface area contributed by atoms with Crippen molar-refractivity contribution in [2.45, 2.75) is 57.0 Å². The molecule has 5 heteroatoms. The average Bonchev–Trinajstić information content (AvgIpc) is 2.93. The second kappa shape index (κ2) is 6.50. The summed E-state index contributed by atoms with van der Waals surface area (Å²) in [5.41, 5.74) is 0. The third-order valence-corrected chi connectivity index (χ3v) is 5.56. The molecule has 0 aromatic heterocycles. The van der Waals surface area contributed by atoms with E-state index in [4.69, 9.17) is 9.47 Å². The van der Waals surface area contributed by atoms with Gasteiger partial charge in [-0.1, -0.05) is 6.92 Å². The molecule has 3 aliphatic rings. The first-order valence-electron chi connectivity index (χ1n) is 8.59. The number of nitrogens with one attached hydrogen (secondary N) is 1. The van der Waals surface area contributed by atoms with Crippen molar-refractivity contribution >= 4 is 0 Å². The molecule has 3 atom stereocenters.